The van der Waals surface area contributed by atoms with E-state index in [0.29, 0.717) is 6.04 Å². The van der Waals surface area contributed by atoms with Gasteiger partial charge in [0.05, 0.1) is 0 Å². The minimum atomic E-state index is 0.660. The molecule has 0 bridgehead atoms. The molecule has 1 saturated heterocycles. The highest BCUT2D eigenvalue weighted by atomic mass is 15.3. The summed E-state index contributed by atoms with van der Waals surface area (Å²) in [5, 5.41) is 3.62. The lowest BCUT2D eigenvalue weighted by molar-refractivity contribution is 0.111. The first kappa shape index (κ1) is 13.3. The Kier molecular flexibility index (Phi) is 4.83. The molecule has 2 rings (SSSR count). The third-order valence-corrected chi connectivity index (χ3v) is 4.20. The average molecular weight is 239 g/mol. The van der Waals surface area contributed by atoms with Gasteiger partial charge in [-0.2, -0.15) is 0 Å². The number of piperazine rings is 1. The number of nitrogens with one attached hydrogen (secondary N) is 1. The van der Waals surface area contributed by atoms with E-state index in [1.165, 1.54) is 45.6 Å². The van der Waals surface area contributed by atoms with Gasteiger partial charge in [-0.05, 0) is 25.3 Å². The molecule has 17 heavy (non-hydrogen) atoms. The van der Waals surface area contributed by atoms with Gasteiger partial charge in [0.25, 0.3) is 0 Å². The molecule has 1 unspecified atom stereocenters. The zero-order valence-corrected chi connectivity index (χ0v) is 11.8. The Morgan fingerprint density at radius 1 is 1.12 bits per heavy atom. The largest absolute Gasteiger partial charge is 0.313 e. The second-order valence-electron chi connectivity index (χ2n) is 5.98. The fourth-order valence-corrected chi connectivity index (χ4v) is 2.80. The van der Waals surface area contributed by atoms with Gasteiger partial charge in [0.15, 0.2) is 0 Å². The lowest BCUT2D eigenvalue weighted by atomic mass is 10.0. The second kappa shape index (κ2) is 6.17. The van der Waals surface area contributed by atoms with E-state index in [-0.39, 0.29) is 0 Å². The van der Waals surface area contributed by atoms with Gasteiger partial charge in [0.1, 0.15) is 0 Å². The lowest BCUT2D eigenvalue weighted by Crippen LogP contribution is -2.52. The molecule has 2 aliphatic rings. The number of nitrogens with zero attached hydrogens (tertiary/aromatic N) is 2. The quantitative estimate of drug-likeness (QED) is 0.756. The van der Waals surface area contributed by atoms with Crippen molar-refractivity contribution in [2.75, 3.05) is 39.3 Å². The standard InChI is InChI=1S/C14H29N3/c1-4-15-14(12(2)3)11-16-7-9-17(10-8-16)13-5-6-13/h12-15H,4-11H2,1-3H3. The fourth-order valence-electron chi connectivity index (χ4n) is 2.80. The monoisotopic (exact) mass is 239 g/mol. The summed E-state index contributed by atoms with van der Waals surface area (Å²) in [7, 11) is 0. The van der Waals surface area contributed by atoms with Gasteiger partial charge in [-0.25, -0.2) is 0 Å². The van der Waals surface area contributed by atoms with Crippen LogP contribution in [0.2, 0.25) is 0 Å². The van der Waals surface area contributed by atoms with Gasteiger partial charge in [0.2, 0.25) is 0 Å². The van der Waals surface area contributed by atoms with Crippen LogP contribution >= 0.6 is 0 Å². The molecule has 0 spiro atoms. The Morgan fingerprint density at radius 2 is 1.76 bits per heavy atom. The Bertz CT molecular complexity index is 218. The van der Waals surface area contributed by atoms with Crippen LogP contribution in [0.15, 0.2) is 0 Å². The summed E-state index contributed by atoms with van der Waals surface area (Å²) in [4.78, 5) is 5.33. The molecule has 1 aliphatic heterocycles. The molecule has 2 fully saturated rings. The van der Waals surface area contributed by atoms with Gasteiger partial charge in [-0.1, -0.05) is 20.8 Å². The van der Waals surface area contributed by atoms with Crippen molar-refractivity contribution in [1.82, 2.24) is 15.1 Å². The van der Waals surface area contributed by atoms with Crippen molar-refractivity contribution in [3.05, 3.63) is 0 Å². The maximum Gasteiger partial charge on any atom is 0.0217 e. The van der Waals surface area contributed by atoms with E-state index in [1.807, 2.05) is 0 Å². The number of hydrogen-bond donors (Lipinski definition) is 1. The first-order valence-electron chi connectivity index (χ1n) is 7.40. The van der Waals surface area contributed by atoms with Crippen LogP contribution < -0.4 is 5.32 Å². The van der Waals surface area contributed by atoms with Crippen LogP contribution in [0.1, 0.15) is 33.6 Å². The van der Waals surface area contributed by atoms with Gasteiger partial charge in [-0.15, -0.1) is 0 Å². The summed E-state index contributed by atoms with van der Waals surface area (Å²) in [6.45, 7) is 14.3. The SMILES string of the molecule is CCNC(CN1CCN(C2CC2)CC1)C(C)C. The van der Waals surface area contributed by atoms with Crippen LogP contribution in [0.3, 0.4) is 0 Å². The molecule has 3 nitrogen and oxygen atoms in total. The second-order valence-corrected chi connectivity index (χ2v) is 5.98. The van der Waals surface area contributed by atoms with Crippen LogP contribution in [0.4, 0.5) is 0 Å². The Labute approximate surface area is 107 Å². The van der Waals surface area contributed by atoms with Crippen LogP contribution in [-0.4, -0.2) is 61.2 Å². The zero-order chi connectivity index (χ0) is 12.3. The summed E-state index contributed by atoms with van der Waals surface area (Å²) in [6, 6.07) is 1.61. The molecular formula is C14H29N3. The highest BCUT2D eigenvalue weighted by molar-refractivity contribution is 4.88. The van der Waals surface area contributed by atoms with E-state index < -0.39 is 0 Å². The molecule has 1 aliphatic carbocycles. The Hall–Kier alpha value is -0.120. The van der Waals surface area contributed by atoms with Gasteiger partial charge in [0, 0.05) is 44.8 Å². The predicted octanol–water partition coefficient (Wildman–Crippen LogP) is 1.40. The molecule has 1 N–H and O–H groups in total. The van der Waals surface area contributed by atoms with Crippen molar-refractivity contribution in [2.45, 2.75) is 45.7 Å². The molecule has 1 saturated carbocycles. The minimum absolute atomic E-state index is 0.660. The normalized spacial score (nSPS) is 25.4. The van der Waals surface area contributed by atoms with E-state index in [1.54, 1.807) is 0 Å². The van der Waals surface area contributed by atoms with Crippen molar-refractivity contribution in [3.63, 3.8) is 0 Å². The predicted molar refractivity (Wildman–Crippen MR) is 73.3 cm³/mol. The van der Waals surface area contributed by atoms with Crippen LogP contribution in [0, 0.1) is 5.92 Å². The maximum atomic E-state index is 3.62. The molecule has 0 amide bonds. The summed E-state index contributed by atoms with van der Waals surface area (Å²) in [6.07, 6.45) is 2.90. The maximum absolute atomic E-state index is 3.62. The van der Waals surface area contributed by atoms with Gasteiger partial charge >= 0.3 is 0 Å². The summed E-state index contributed by atoms with van der Waals surface area (Å²) in [5.41, 5.74) is 0. The zero-order valence-electron chi connectivity index (χ0n) is 11.8. The Balaban J connectivity index is 1.71. The molecule has 100 valence electrons. The summed E-state index contributed by atoms with van der Waals surface area (Å²) in [5.74, 6) is 0.733. The summed E-state index contributed by atoms with van der Waals surface area (Å²) < 4.78 is 0. The highest BCUT2D eigenvalue weighted by Crippen LogP contribution is 2.27. The van der Waals surface area contributed by atoms with E-state index in [0.717, 1.165) is 18.5 Å². The molecule has 1 heterocycles. The topological polar surface area (TPSA) is 18.5 Å². The molecule has 3 heteroatoms. The van der Waals surface area contributed by atoms with Crippen molar-refractivity contribution >= 4 is 0 Å². The molecule has 0 radical (unpaired) electrons. The third-order valence-electron chi connectivity index (χ3n) is 4.20. The smallest absolute Gasteiger partial charge is 0.0217 e. The molecule has 0 aromatic carbocycles. The van der Waals surface area contributed by atoms with Crippen molar-refractivity contribution in [1.29, 1.82) is 0 Å². The number of hydrogen-bond acceptors (Lipinski definition) is 3. The molecule has 0 aromatic rings. The molecule has 0 aromatic heterocycles. The average Bonchev–Trinajstić information content (AvgIpc) is 3.13. The van der Waals surface area contributed by atoms with Gasteiger partial charge in [-0.3, -0.25) is 9.80 Å². The first-order chi connectivity index (χ1) is 8.20. The van der Waals surface area contributed by atoms with Crippen molar-refractivity contribution < 1.29 is 0 Å². The first-order valence-corrected chi connectivity index (χ1v) is 7.40. The van der Waals surface area contributed by atoms with E-state index in [9.17, 15) is 0 Å². The van der Waals surface area contributed by atoms with Crippen LogP contribution in [-0.2, 0) is 0 Å². The minimum Gasteiger partial charge on any atom is -0.313 e. The highest BCUT2D eigenvalue weighted by Gasteiger charge is 2.31. The summed E-state index contributed by atoms with van der Waals surface area (Å²) >= 11 is 0. The number of likely N-dealkylation sites (N-methyl/N-ethyl adjacent to an activating group) is 1. The Morgan fingerprint density at radius 3 is 2.24 bits per heavy atom. The third kappa shape index (κ3) is 3.94. The van der Waals surface area contributed by atoms with Crippen molar-refractivity contribution in [2.24, 2.45) is 5.92 Å². The van der Waals surface area contributed by atoms with Gasteiger partial charge < -0.3 is 5.32 Å². The van der Waals surface area contributed by atoms with E-state index >= 15 is 0 Å². The van der Waals surface area contributed by atoms with Crippen LogP contribution in [0.5, 0.6) is 0 Å². The fraction of sp³-hybridized carbons (Fsp3) is 1.00. The molecule has 1 atom stereocenters. The number of rotatable bonds is 6. The van der Waals surface area contributed by atoms with Crippen LogP contribution in [0.25, 0.3) is 0 Å². The van der Waals surface area contributed by atoms with E-state index in [4.69, 9.17) is 0 Å². The molecular weight excluding hydrogens is 210 g/mol. The van der Waals surface area contributed by atoms with E-state index in [2.05, 4.69) is 35.9 Å². The van der Waals surface area contributed by atoms with Crippen molar-refractivity contribution in [3.8, 4) is 0 Å². The lowest BCUT2D eigenvalue weighted by Gasteiger charge is -2.37.